The summed E-state index contributed by atoms with van der Waals surface area (Å²) < 4.78 is 2.13. The fourth-order valence-electron chi connectivity index (χ4n) is 2.81. The minimum absolute atomic E-state index is 0.483. The van der Waals surface area contributed by atoms with Crippen LogP contribution in [-0.2, 0) is 19.5 Å². The normalized spacial score (nSPS) is 11.5. The molecular formula is C21H25N5. The Balaban J connectivity index is 1.51. The third kappa shape index (κ3) is 5.21. The molecule has 0 amide bonds. The SMILES string of the molecule is Cc1nccn1Cc1cccc(CN=C(N)NCCc2ccccc2)c1. The fraction of sp³-hybridized carbons (Fsp3) is 0.238. The van der Waals surface area contributed by atoms with E-state index in [4.69, 9.17) is 5.73 Å². The zero-order valence-corrected chi connectivity index (χ0v) is 15.1. The van der Waals surface area contributed by atoms with Crippen molar-refractivity contribution in [2.24, 2.45) is 10.7 Å². The third-order valence-corrected chi connectivity index (χ3v) is 4.26. The zero-order chi connectivity index (χ0) is 18.2. The molecule has 5 heteroatoms. The minimum atomic E-state index is 0.483. The van der Waals surface area contributed by atoms with Gasteiger partial charge in [0, 0.05) is 25.5 Å². The summed E-state index contributed by atoms with van der Waals surface area (Å²) in [6.45, 7) is 4.17. The zero-order valence-electron chi connectivity index (χ0n) is 15.1. The first kappa shape index (κ1) is 17.7. The van der Waals surface area contributed by atoms with Crippen LogP contribution in [0.2, 0.25) is 0 Å². The van der Waals surface area contributed by atoms with Gasteiger partial charge in [0.1, 0.15) is 5.82 Å². The van der Waals surface area contributed by atoms with Crippen LogP contribution in [0.4, 0.5) is 0 Å². The van der Waals surface area contributed by atoms with Crippen molar-refractivity contribution in [2.45, 2.75) is 26.4 Å². The molecule has 0 unspecified atom stereocenters. The van der Waals surface area contributed by atoms with Crippen LogP contribution in [0.3, 0.4) is 0 Å². The maximum absolute atomic E-state index is 5.98. The predicted molar refractivity (Wildman–Crippen MR) is 106 cm³/mol. The van der Waals surface area contributed by atoms with E-state index in [9.17, 15) is 0 Å². The van der Waals surface area contributed by atoms with Gasteiger partial charge in [-0.1, -0.05) is 54.6 Å². The van der Waals surface area contributed by atoms with Crippen molar-refractivity contribution < 1.29 is 0 Å². The first-order valence-corrected chi connectivity index (χ1v) is 8.84. The van der Waals surface area contributed by atoms with E-state index in [1.807, 2.05) is 37.5 Å². The van der Waals surface area contributed by atoms with E-state index in [0.29, 0.717) is 12.5 Å². The molecule has 1 heterocycles. The van der Waals surface area contributed by atoms with Crippen molar-refractivity contribution in [3.63, 3.8) is 0 Å². The molecule has 5 nitrogen and oxygen atoms in total. The molecule has 0 aliphatic rings. The molecular weight excluding hydrogens is 322 g/mol. The van der Waals surface area contributed by atoms with Gasteiger partial charge >= 0.3 is 0 Å². The number of nitrogens with zero attached hydrogens (tertiary/aromatic N) is 3. The highest BCUT2D eigenvalue weighted by molar-refractivity contribution is 5.77. The van der Waals surface area contributed by atoms with Crippen LogP contribution in [0.15, 0.2) is 72.0 Å². The van der Waals surface area contributed by atoms with Crippen LogP contribution >= 0.6 is 0 Å². The Kier molecular flexibility index (Phi) is 6.04. The number of aromatic nitrogens is 2. The lowest BCUT2D eigenvalue weighted by Gasteiger charge is -2.08. The number of hydrogen-bond acceptors (Lipinski definition) is 2. The van der Waals surface area contributed by atoms with Crippen molar-refractivity contribution in [1.82, 2.24) is 14.9 Å². The summed E-state index contributed by atoms with van der Waals surface area (Å²) in [5, 5.41) is 3.18. The number of aryl methyl sites for hydroxylation is 1. The lowest BCUT2D eigenvalue weighted by atomic mass is 10.1. The molecule has 26 heavy (non-hydrogen) atoms. The molecule has 0 saturated heterocycles. The smallest absolute Gasteiger partial charge is 0.188 e. The summed E-state index contributed by atoms with van der Waals surface area (Å²) in [5.41, 5.74) is 9.64. The van der Waals surface area contributed by atoms with Gasteiger partial charge in [-0.2, -0.15) is 0 Å². The molecule has 0 bridgehead atoms. The molecule has 0 atom stereocenters. The number of nitrogens with one attached hydrogen (secondary N) is 1. The van der Waals surface area contributed by atoms with Gasteiger partial charge in [0.25, 0.3) is 0 Å². The van der Waals surface area contributed by atoms with E-state index in [2.05, 4.69) is 56.3 Å². The van der Waals surface area contributed by atoms with Crippen LogP contribution in [0, 0.1) is 6.92 Å². The molecule has 0 radical (unpaired) electrons. The second-order valence-corrected chi connectivity index (χ2v) is 6.29. The standard InChI is InChI=1S/C21H25N5/c1-17-23-12-13-26(17)16-20-9-5-8-19(14-20)15-25-21(22)24-11-10-18-6-3-2-4-7-18/h2-9,12-14H,10-11,15-16H2,1H3,(H3,22,24,25). The molecule has 0 aliphatic carbocycles. The quantitative estimate of drug-likeness (QED) is 0.510. The van der Waals surface area contributed by atoms with Gasteiger partial charge in [0.05, 0.1) is 6.54 Å². The van der Waals surface area contributed by atoms with Gasteiger partial charge in [-0.3, -0.25) is 0 Å². The highest BCUT2D eigenvalue weighted by Gasteiger charge is 2.01. The van der Waals surface area contributed by atoms with E-state index in [-0.39, 0.29) is 0 Å². The van der Waals surface area contributed by atoms with Crippen molar-refractivity contribution in [3.8, 4) is 0 Å². The number of aliphatic imine (C=N–C) groups is 1. The molecule has 3 rings (SSSR count). The van der Waals surface area contributed by atoms with Crippen LogP contribution < -0.4 is 11.1 Å². The minimum Gasteiger partial charge on any atom is -0.370 e. The highest BCUT2D eigenvalue weighted by atomic mass is 15.1. The van der Waals surface area contributed by atoms with E-state index in [0.717, 1.165) is 30.9 Å². The number of guanidine groups is 1. The Morgan fingerprint density at radius 3 is 2.62 bits per heavy atom. The fourth-order valence-corrected chi connectivity index (χ4v) is 2.81. The Morgan fingerprint density at radius 1 is 1.08 bits per heavy atom. The monoisotopic (exact) mass is 347 g/mol. The molecule has 0 saturated carbocycles. The molecule has 0 fully saturated rings. The maximum atomic E-state index is 5.98. The van der Waals surface area contributed by atoms with Crippen LogP contribution in [0.25, 0.3) is 0 Å². The number of imidazole rings is 1. The average Bonchev–Trinajstić information content (AvgIpc) is 3.06. The summed E-state index contributed by atoms with van der Waals surface area (Å²) in [6.07, 6.45) is 4.75. The van der Waals surface area contributed by atoms with Crippen LogP contribution in [-0.4, -0.2) is 22.1 Å². The van der Waals surface area contributed by atoms with Crippen LogP contribution in [0.5, 0.6) is 0 Å². The first-order valence-electron chi connectivity index (χ1n) is 8.84. The summed E-state index contributed by atoms with van der Waals surface area (Å²) in [5.74, 6) is 1.50. The van der Waals surface area contributed by atoms with E-state index in [1.165, 1.54) is 11.1 Å². The number of hydrogen-bond donors (Lipinski definition) is 2. The van der Waals surface area contributed by atoms with E-state index >= 15 is 0 Å². The van der Waals surface area contributed by atoms with Crippen molar-refractivity contribution in [3.05, 3.63) is 89.5 Å². The van der Waals surface area contributed by atoms with E-state index in [1.54, 1.807) is 0 Å². The molecule has 134 valence electrons. The third-order valence-electron chi connectivity index (χ3n) is 4.26. The Morgan fingerprint density at radius 2 is 1.85 bits per heavy atom. The molecule has 0 aliphatic heterocycles. The highest BCUT2D eigenvalue weighted by Crippen LogP contribution is 2.09. The van der Waals surface area contributed by atoms with E-state index < -0.39 is 0 Å². The number of nitrogens with two attached hydrogens (primary N) is 1. The Bertz CT molecular complexity index is 852. The first-order chi connectivity index (χ1) is 12.7. The van der Waals surface area contributed by atoms with Gasteiger partial charge in [-0.05, 0) is 30.0 Å². The summed E-state index contributed by atoms with van der Waals surface area (Å²) in [7, 11) is 0. The van der Waals surface area contributed by atoms with Crippen molar-refractivity contribution >= 4 is 5.96 Å². The summed E-state index contributed by atoms with van der Waals surface area (Å²) in [4.78, 5) is 8.71. The second kappa shape index (κ2) is 8.85. The topological polar surface area (TPSA) is 68.2 Å². The largest absolute Gasteiger partial charge is 0.370 e. The van der Waals surface area contributed by atoms with Gasteiger partial charge < -0.3 is 15.6 Å². The predicted octanol–water partition coefficient (Wildman–Crippen LogP) is 2.89. The average molecular weight is 347 g/mol. The summed E-state index contributed by atoms with van der Waals surface area (Å²) in [6, 6.07) is 18.8. The second-order valence-electron chi connectivity index (χ2n) is 6.29. The number of benzene rings is 2. The molecule has 3 N–H and O–H groups in total. The van der Waals surface area contributed by atoms with Gasteiger partial charge in [-0.15, -0.1) is 0 Å². The maximum Gasteiger partial charge on any atom is 0.188 e. The van der Waals surface area contributed by atoms with Crippen LogP contribution in [0.1, 0.15) is 22.5 Å². The lowest BCUT2D eigenvalue weighted by molar-refractivity contribution is 0.760. The van der Waals surface area contributed by atoms with Crippen molar-refractivity contribution in [1.29, 1.82) is 0 Å². The molecule has 1 aromatic heterocycles. The van der Waals surface area contributed by atoms with Crippen molar-refractivity contribution in [2.75, 3.05) is 6.54 Å². The Labute approximate surface area is 154 Å². The molecule has 2 aromatic carbocycles. The van der Waals surface area contributed by atoms with Gasteiger partial charge in [0.15, 0.2) is 5.96 Å². The van der Waals surface area contributed by atoms with Gasteiger partial charge in [0.2, 0.25) is 0 Å². The molecule has 3 aromatic rings. The number of rotatable bonds is 7. The lowest BCUT2D eigenvalue weighted by Crippen LogP contribution is -2.33. The summed E-state index contributed by atoms with van der Waals surface area (Å²) >= 11 is 0. The Hall–Kier alpha value is -3.08. The van der Waals surface area contributed by atoms with Gasteiger partial charge in [-0.25, -0.2) is 9.98 Å². The molecule has 0 spiro atoms.